The third-order valence-corrected chi connectivity index (χ3v) is 6.57. The van der Waals surface area contributed by atoms with E-state index in [-0.39, 0.29) is 6.10 Å². The summed E-state index contributed by atoms with van der Waals surface area (Å²) < 4.78 is 2.19. The van der Waals surface area contributed by atoms with Gasteiger partial charge in [-0.1, -0.05) is 30.3 Å². The van der Waals surface area contributed by atoms with Crippen LogP contribution in [0, 0.1) is 0 Å². The van der Waals surface area contributed by atoms with Gasteiger partial charge in [0.2, 0.25) is 0 Å². The smallest absolute Gasteiger partial charge is 0.122 e. The van der Waals surface area contributed by atoms with Crippen LogP contribution in [0.25, 0.3) is 0 Å². The maximum absolute atomic E-state index is 10.8. The van der Waals surface area contributed by atoms with E-state index < -0.39 is 0 Å². The zero-order chi connectivity index (χ0) is 20.1. The molecule has 29 heavy (non-hydrogen) atoms. The summed E-state index contributed by atoms with van der Waals surface area (Å²) in [6.45, 7) is 11.2. The Morgan fingerprint density at radius 3 is 2.55 bits per heavy atom. The van der Waals surface area contributed by atoms with Crippen molar-refractivity contribution in [2.24, 2.45) is 0 Å². The van der Waals surface area contributed by atoms with Crippen LogP contribution in [-0.2, 0) is 19.5 Å². The second-order valence-electron chi connectivity index (χ2n) is 8.40. The van der Waals surface area contributed by atoms with Gasteiger partial charge in [-0.15, -0.1) is 0 Å². The molecular weight excluding hydrogens is 362 g/mol. The minimum absolute atomic E-state index is 0.273. The summed E-state index contributed by atoms with van der Waals surface area (Å²) >= 11 is 0. The zero-order valence-electron chi connectivity index (χ0n) is 17.7. The highest BCUT2D eigenvalue weighted by Crippen LogP contribution is 2.20. The van der Waals surface area contributed by atoms with E-state index in [4.69, 9.17) is 0 Å². The van der Waals surface area contributed by atoms with E-state index >= 15 is 0 Å². The molecule has 158 valence electrons. The number of piperazine rings is 1. The van der Waals surface area contributed by atoms with Crippen molar-refractivity contribution in [2.75, 3.05) is 45.8 Å². The maximum atomic E-state index is 10.8. The third-order valence-electron chi connectivity index (χ3n) is 6.57. The fourth-order valence-electron chi connectivity index (χ4n) is 4.78. The van der Waals surface area contributed by atoms with Gasteiger partial charge in [0.1, 0.15) is 5.82 Å². The quantitative estimate of drug-likeness (QED) is 0.771. The number of piperidine rings is 1. The lowest BCUT2D eigenvalue weighted by atomic mass is 9.99. The topological polar surface area (TPSA) is 47.8 Å². The van der Waals surface area contributed by atoms with Crippen molar-refractivity contribution in [3.8, 4) is 0 Å². The predicted octanol–water partition coefficient (Wildman–Crippen LogP) is 1.70. The van der Waals surface area contributed by atoms with E-state index in [0.29, 0.717) is 6.04 Å². The van der Waals surface area contributed by atoms with Crippen LogP contribution in [0.15, 0.2) is 42.7 Å². The predicted molar refractivity (Wildman–Crippen MR) is 116 cm³/mol. The van der Waals surface area contributed by atoms with E-state index in [0.717, 1.165) is 77.6 Å². The highest BCUT2D eigenvalue weighted by Gasteiger charge is 2.33. The number of nitrogens with zero attached hydrogens (tertiary/aromatic N) is 5. The van der Waals surface area contributed by atoms with Crippen LogP contribution in [0.4, 0.5) is 0 Å². The molecular formula is C23H35N5O. The highest BCUT2D eigenvalue weighted by atomic mass is 16.3. The van der Waals surface area contributed by atoms with Gasteiger partial charge in [-0.05, 0) is 25.3 Å². The Balaban J connectivity index is 1.21. The number of aliphatic hydroxyl groups excluding tert-OH is 1. The van der Waals surface area contributed by atoms with Gasteiger partial charge in [0.25, 0.3) is 0 Å². The molecule has 3 heterocycles. The molecule has 2 atom stereocenters. The molecule has 6 heteroatoms. The first kappa shape index (κ1) is 20.5. The molecule has 0 amide bonds. The Hall–Kier alpha value is -1.73. The van der Waals surface area contributed by atoms with Crippen LogP contribution < -0.4 is 0 Å². The number of rotatable bonds is 7. The largest absolute Gasteiger partial charge is 0.390 e. The lowest BCUT2D eigenvalue weighted by molar-refractivity contribution is -0.0314. The van der Waals surface area contributed by atoms with Crippen molar-refractivity contribution in [2.45, 2.75) is 45.0 Å². The fraction of sp³-hybridized carbons (Fsp3) is 0.609. The van der Waals surface area contributed by atoms with Crippen molar-refractivity contribution in [3.63, 3.8) is 0 Å². The average Bonchev–Trinajstić information content (AvgIpc) is 3.21. The van der Waals surface area contributed by atoms with Gasteiger partial charge in [0, 0.05) is 70.8 Å². The third kappa shape index (κ3) is 5.25. The van der Waals surface area contributed by atoms with Crippen LogP contribution in [-0.4, -0.2) is 87.3 Å². The molecule has 0 aliphatic carbocycles. The normalized spacial score (nSPS) is 24.8. The van der Waals surface area contributed by atoms with Gasteiger partial charge in [-0.2, -0.15) is 0 Å². The fourth-order valence-corrected chi connectivity index (χ4v) is 4.78. The number of likely N-dealkylation sites (tertiary alicyclic amines) is 1. The summed E-state index contributed by atoms with van der Waals surface area (Å²) in [4.78, 5) is 11.9. The molecule has 0 unspecified atom stereocenters. The first-order valence-corrected chi connectivity index (χ1v) is 11.1. The molecule has 2 aliphatic rings. The number of β-amino-alcohol motifs (C(OH)–C–C–N with tert-alkyl or cyclic N) is 1. The minimum atomic E-state index is -0.273. The molecule has 2 fully saturated rings. The Morgan fingerprint density at radius 2 is 1.83 bits per heavy atom. The molecule has 2 aromatic rings. The Labute approximate surface area is 174 Å². The van der Waals surface area contributed by atoms with E-state index in [1.807, 2.05) is 12.4 Å². The first-order chi connectivity index (χ1) is 14.2. The van der Waals surface area contributed by atoms with Gasteiger partial charge < -0.3 is 14.6 Å². The molecule has 4 rings (SSSR count). The molecule has 1 aromatic carbocycles. The molecule has 2 aliphatic heterocycles. The number of hydrogen-bond acceptors (Lipinski definition) is 5. The van der Waals surface area contributed by atoms with Crippen molar-refractivity contribution in [1.82, 2.24) is 24.3 Å². The highest BCUT2D eigenvalue weighted by molar-refractivity contribution is 5.14. The molecule has 0 radical (unpaired) electrons. The van der Waals surface area contributed by atoms with E-state index in [1.54, 1.807) is 0 Å². The van der Waals surface area contributed by atoms with Crippen molar-refractivity contribution < 1.29 is 5.11 Å². The molecule has 1 N–H and O–H groups in total. The van der Waals surface area contributed by atoms with Gasteiger partial charge in [0.15, 0.2) is 0 Å². The van der Waals surface area contributed by atoms with Crippen LogP contribution in [0.5, 0.6) is 0 Å². The molecule has 0 saturated carbocycles. The number of benzene rings is 1. The Morgan fingerprint density at radius 1 is 1.03 bits per heavy atom. The van der Waals surface area contributed by atoms with Gasteiger partial charge in [-0.3, -0.25) is 9.80 Å². The summed E-state index contributed by atoms with van der Waals surface area (Å²) in [6.07, 6.45) is 5.80. The molecule has 2 saturated heterocycles. The van der Waals surface area contributed by atoms with E-state index in [9.17, 15) is 5.11 Å². The summed E-state index contributed by atoms with van der Waals surface area (Å²) in [5.74, 6) is 1.10. The van der Waals surface area contributed by atoms with Crippen molar-refractivity contribution in [1.29, 1.82) is 0 Å². The number of aromatic nitrogens is 2. The minimum Gasteiger partial charge on any atom is -0.390 e. The molecule has 6 nitrogen and oxygen atoms in total. The monoisotopic (exact) mass is 397 g/mol. The van der Waals surface area contributed by atoms with Gasteiger partial charge in [0.05, 0.1) is 12.6 Å². The number of aliphatic hydroxyl groups is 1. The second kappa shape index (κ2) is 9.85. The summed E-state index contributed by atoms with van der Waals surface area (Å²) in [5, 5.41) is 10.8. The summed E-state index contributed by atoms with van der Waals surface area (Å²) in [6, 6.07) is 11.1. The van der Waals surface area contributed by atoms with Crippen LogP contribution in [0.2, 0.25) is 0 Å². The molecule has 0 spiro atoms. The Bertz CT molecular complexity index is 741. The lowest BCUT2D eigenvalue weighted by Crippen LogP contribution is -2.58. The van der Waals surface area contributed by atoms with Crippen molar-refractivity contribution >= 4 is 0 Å². The number of aryl methyl sites for hydroxylation is 1. The van der Waals surface area contributed by atoms with Gasteiger partial charge >= 0.3 is 0 Å². The zero-order valence-corrected chi connectivity index (χ0v) is 17.7. The lowest BCUT2D eigenvalue weighted by Gasteiger charge is -2.45. The average molecular weight is 398 g/mol. The van der Waals surface area contributed by atoms with Crippen molar-refractivity contribution in [3.05, 3.63) is 54.1 Å². The number of hydrogen-bond donors (Lipinski definition) is 1. The summed E-state index contributed by atoms with van der Waals surface area (Å²) in [7, 11) is 0. The second-order valence-corrected chi connectivity index (χ2v) is 8.40. The maximum Gasteiger partial charge on any atom is 0.122 e. The molecule has 0 bridgehead atoms. The van der Waals surface area contributed by atoms with Crippen LogP contribution >= 0.6 is 0 Å². The van der Waals surface area contributed by atoms with E-state index in [2.05, 4.69) is 61.5 Å². The van der Waals surface area contributed by atoms with Crippen LogP contribution in [0.3, 0.4) is 0 Å². The van der Waals surface area contributed by atoms with E-state index in [1.165, 1.54) is 5.56 Å². The van der Waals surface area contributed by atoms with Gasteiger partial charge in [-0.25, -0.2) is 4.98 Å². The number of imidazole rings is 1. The SMILES string of the molecule is CCn1ccnc1CN1CC[C@@H](N2CCN(CCc3ccccc3)CC2)[C@H](O)C1. The summed E-state index contributed by atoms with van der Waals surface area (Å²) in [5.41, 5.74) is 1.42. The molecule has 1 aromatic heterocycles. The van der Waals surface area contributed by atoms with Crippen LogP contribution in [0.1, 0.15) is 24.7 Å². The Kier molecular flexibility index (Phi) is 6.98. The first-order valence-electron chi connectivity index (χ1n) is 11.1. The standard InChI is InChI=1S/C23H35N5O/c1-2-27-13-10-24-23(27)19-26-12-9-21(22(29)18-26)28-16-14-25(15-17-28)11-8-20-6-4-3-5-7-20/h3-7,10,13,21-22,29H,2,8-9,11-12,14-19H2,1H3/t21-,22-/m1/s1.